The molecule has 0 spiro atoms. The number of phenols is 1. The zero-order chi connectivity index (χ0) is 12.0. The molecule has 0 unspecified atom stereocenters. The zero-order valence-electron chi connectivity index (χ0n) is 8.66. The van der Waals surface area contributed by atoms with Gasteiger partial charge in [0.05, 0.1) is 0 Å². The van der Waals surface area contributed by atoms with E-state index in [-0.39, 0.29) is 5.75 Å². The van der Waals surface area contributed by atoms with Crippen LogP contribution in [0.3, 0.4) is 0 Å². The Hall–Kier alpha value is -1.46. The van der Waals surface area contributed by atoms with Crippen LogP contribution in [0.1, 0.15) is 5.56 Å². The van der Waals surface area contributed by atoms with Crippen molar-refractivity contribution in [3.63, 3.8) is 0 Å². The van der Waals surface area contributed by atoms with Gasteiger partial charge in [0.1, 0.15) is 5.75 Å². The highest BCUT2D eigenvalue weighted by atomic mass is 35.5. The maximum atomic E-state index is 10.4. The number of phenolic OH excluding ortho intramolecular Hbond substituents is 1. The van der Waals surface area contributed by atoms with Gasteiger partial charge in [0.2, 0.25) is 0 Å². The van der Waals surface area contributed by atoms with Crippen LogP contribution in [0.4, 0.5) is 4.79 Å². The smallest absolute Gasteiger partial charge is 0.312 e. The number of aromatic hydroxyl groups is 1. The topological polar surface area (TPSA) is 87.4 Å². The molecule has 2 amide bonds. The molecule has 16 heavy (non-hydrogen) atoms. The lowest BCUT2D eigenvalue weighted by atomic mass is 10.2. The lowest BCUT2D eigenvalue weighted by Gasteiger charge is -2.07. The molecule has 0 bridgehead atoms. The highest BCUT2D eigenvalue weighted by Crippen LogP contribution is 2.20. The summed E-state index contributed by atoms with van der Waals surface area (Å²) in [6.07, 6.45) is 0. The van der Waals surface area contributed by atoms with Crippen LogP contribution < -0.4 is 16.4 Å². The summed E-state index contributed by atoms with van der Waals surface area (Å²) < 4.78 is 0. The summed E-state index contributed by atoms with van der Waals surface area (Å²) in [5.74, 6) is 0.194. The van der Waals surface area contributed by atoms with Crippen LogP contribution in [-0.2, 0) is 6.54 Å². The first-order valence-electron chi connectivity index (χ1n) is 4.81. The third kappa shape index (κ3) is 4.37. The Labute approximate surface area is 98.6 Å². The van der Waals surface area contributed by atoms with Crippen molar-refractivity contribution in [3.05, 3.63) is 28.8 Å². The molecular formula is C10H14ClN3O2. The fraction of sp³-hybridized carbons (Fsp3) is 0.300. The van der Waals surface area contributed by atoms with E-state index in [0.717, 1.165) is 0 Å². The molecule has 5 nitrogen and oxygen atoms in total. The van der Waals surface area contributed by atoms with E-state index in [1.165, 1.54) is 0 Å². The van der Waals surface area contributed by atoms with Crippen molar-refractivity contribution in [2.75, 3.05) is 13.1 Å². The Bertz CT molecular complexity index is 371. The monoisotopic (exact) mass is 243 g/mol. The van der Waals surface area contributed by atoms with Gasteiger partial charge in [-0.15, -0.1) is 0 Å². The Balaban J connectivity index is 2.31. The van der Waals surface area contributed by atoms with E-state index in [4.69, 9.17) is 17.3 Å². The Morgan fingerprint density at radius 2 is 2.19 bits per heavy atom. The first-order valence-corrected chi connectivity index (χ1v) is 5.19. The average Bonchev–Trinajstić information content (AvgIpc) is 2.22. The molecule has 0 heterocycles. The number of amides is 2. The summed E-state index contributed by atoms with van der Waals surface area (Å²) in [5, 5.41) is 15.5. The summed E-state index contributed by atoms with van der Waals surface area (Å²) in [5.41, 5.74) is 5.61. The van der Waals surface area contributed by atoms with Crippen LogP contribution in [-0.4, -0.2) is 24.2 Å². The average molecular weight is 244 g/mol. The molecule has 0 saturated carbocycles. The van der Waals surface area contributed by atoms with Gasteiger partial charge in [-0.05, 0) is 18.2 Å². The van der Waals surface area contributed by atoms with Crippen LogP contribution in [0.5, 0.6) is 5.75 Å². The second kappa shape index (κ2) is 6.19. The molecule has 0 aliphatic carbocycles. The Morgan fingerprint density at radius 3 is 2.88 bits per heavy atom. The number of halogens is 1. The van der Waals surface area contributed by atoms with E-state index in [0.29, 0.717) is 30.2 Å². The van der Waals surface area contributed by atoms with Gasteiger partial charge in [0.15, 0.2) is 0 Å². The number of carbonyl (C=O) groups is 1. The molecule has 0 aromatic heterocycles. The molecule has 5 N–H and O–H groups in total. The van der Waals surface area contributed by atoms with Crippen molar-refractivity contribution in [3.8, 4) is 5.75 Å². The van der Waals surface area contributed by atoms with E-state index < -0.39 is 6.03 Å². The molecule has 1 rings (SSSR count). The van der Waals surface area contributed by atoms with Gasteiger partial charge >= 0.3 is 6.03 Å². The van der Waals surface area contributed by atoms with Gasteiger partial charge in [0, 0.05) is 30.2 Å². The molecule has 0 aliphatic heterocycles. The van der Waals surface area contributed by atoms with Crippen molar-refractivity contribution >= 4 is 17.6 Å². The standard InChI is InChI=1S/C10H14ClN3O2/c11-8-1-2-9(15)7(5-8)6-13-3-4-14-10(12)16/h1-2,5,13,15H,3-4,6H2,(H3,12,14,16). The van der Waals surface area contributed by atoms with Gasteiger partial charge in [-0.1, -0.05) is 11.6 Å². The van der Waals surface area contributed by atoms with E-state index >= 15 is 0 Å². The van der Waals surface area contributed by atoms with Crippen LogP contribution in [0.15, 0.2) is 18.2 Å². The SMILES string of the molecule is NC(=O)NCCNCc1cc(Cl)ccc1O. The van der Waals surface area contributed by atoms with E-state index in [1.807, 2.05) is 0 Å². The normalized spacial score (nSPS) is 10.1. The van der Waals surface area contributed by atoms with Gasteiger partial charge < -0.3 is 21.5 Å². The fourth-order valence-corrected chi connectivity index (χ4v) is 1.39. The van der Waals surface area contributed by atoms with E-state index in [2.05, 4.69) is 10.6 Å². The molecule has 0 fully saturated rings. The number of nitrogens with one attached hydrogen (secondary N) is 2. The fourth-order valence-electron chi connectivity index (χ4n) is 1.19. The zero-order valence-corrected chi connectivity index (χ0v) is 9.42. The molecule has 0 radical (unpaired) electrons. The summed E-state index contributed by atoms with van der Waals surface area (Å²) in [6.45, 7) is 1.48. The van der Waals surface area contributed by atoms with Crippen LogP contribution in [0.25, 0.3) is 0 Å². The van der Waals surface area contributed by atoms with Crippen LogP contribution >= 0.6 is 11.6 Å². The molecule has 0 saturated heterocycles. The minimum Gasteiger partial charge on any atom is -0.508 e. The molecule has 1 aromatic rings. The number of hydrogen-bond donors (Lipinski definition) is 4. The van der Waals surface area contributed by atoms with Crippen molar-refractivity contribution in [1.29, 1.82) is 0 Å². The molecule has 0 aliphatic rings. The molecular weight excluding hydrogens is 230 g/mol. The third-order valence-electron chi connectivity index (χ3n) is 1.96. The number of hydrogen-bond acceptors (Lipinski definition) is 3. The Kier molecular flexibility index (Phi) is 4.88. The number of benzene rings is 1. The maximum absolute atomic E-state index is 10.4. The van der Waals surface area contributed by atoms with Crippen molar-refractivity contribution < 1.29 is 9.90 Å². The first kappa shape index (κ1) is 12.6. The van der Waals surface area contributed by atoms with E-state index in [9.17, 15) is 9.90 Å². The van der Waals surface area contributed by atoms with Gasteiger partial charge in [-0.2, -0.15) is 0 Å². The number of carbonyl (C=O) groups excluding carboxylic acids is 1. The molecule has 6 heteroatoms. The highest BCUT2D eigenvalue weighted by molar-refractivity contribution is 6.30. The summed E-state index contributed by atoms with van der Waals surface area (Å²) >= 11 is 5.79. The minimum atomic E-state index is -0.549. The molecule has 88 valence electrons. The predicted molar refractivity (Wildman–Crippen MR) is 62.4 cm³/mol. The molecule has 1 aromatic carbocycles. The van der Waals surface area contributed by atoms with Gasteiger partial charge in [-0.25, -0.2) is 4.79 Å². The van der Waals surface area contributed by atoms with Crippen molar-refractivity contribution in [2.24, 2.45) is 5.73 Å². The maximum Gasteiger partial charge on any atom is 0.312 e. The number of rotatable bonds is 5. The second-order valence-electron chi connectivity index (χ2n) is 3.24. The quantitative estimate of drug-likeness (QED) is 0.577. The Morgan fingerprint density at radius 1 is 1.44 bits per heavy atom. The lowest BCUT2D eigenvalue weighted by Crippen LogP contribution is -2.35. The second-order valence-corrected chi connectivity index (χ2v) is 3.68. The number of nitrogens with two attached hydrogens (primary N) is 1. The summed E-state index contributed by atoms with van der Waals surface area (Å²) in [7, 11) is 0. The van der Waals surface area contributed by atoms with Crippen molar-refractivity contribution in [1.82, 2.24) is 10.6 Å². The minimum absolute atomic E-state index is 0.194. The lowest BCUT2D eigenvalue weighted by molar-refractivity contribution is 0.249. The highest BCUT2D eigenvalue weighted by Gasteiger charge is 2.01. The van der Waals surface area contributed by atoms with Crippen LogP contribution in [0, 0.1) is 0 Å². The van der Waals surface area contributed by atoms with Gasteiger partial charge in [-0.3, -0.25) is 0 Å². The largest absolute Gasteiger partial charge is 0.508 e. The summed E-state index contributed by atoms with van der Waals surface area (Å²) in [4.78, 5) is 10.4. The van der Waals surface area contributed by atoms with Crippen LogP contribution in [0.2, 0.25) is 5.02 Å². The molecule has 0 atom stereocenters. The predicted octanol–water partition coefficient (Wildman–Crippen LogP) is 0.803. The number of primary amides is 1. The summed E-state index contributed by atoms with van der Waals surface area (Å²) in [6, 6.07) is 4.30. The first-order chi connectivity index (χ1) is 7.59. The van der Waals surface area contributed by atoms with Gasteiger partial charge in [0.25, 0.3) is 0 Å². The van der Waals surface area contributed by atoms with E-state index in [1.54, 1.807) is 18.2 Å². The van der Waals surface area contributed by atoms with Crippen molar-refractivity contribution in [2.45, 2.75) is 6.54 Å². The number of urea groups is 1. The third-order valence-corrected chi connectivity index (χ3v) is 2.19.